The molecule has 2 rings (SSSR count). The molecular weight excluding hydrogens is 348 g/mol. The van der Waals surface area contributed by atoms with Crippen LogP contribution < -0.4 is 15.4 Å². The molecule has 0 heterocycles. The summed E-state index contributed by atoms with van der Waals surface area (Å²) >= 11 is 0. The third-order valence-electron chi connectivity index (χ3n) is 3.81. The van der Waals surface area contributed by atoms with Crippen LogP contribution in [-0.4, -0.2) is 34.5 Å². The van der Waals surface area contributed by atoms with Gasteiger partial charge in [-0.1, -0.05) is 47.5 Å². The summed E-state index contributed by atoms with van der Waals surface area (Å²) in [6.07, 6.45) is 0. The van der Waals surface area contributed by atoms with Crippen molar-refractivity contribution in [1.29, 1.82) is 0 Å². The van der Waals surface area contributed by atoms with Crippen LogP contribution in [0.1, 0.15) is 16.7 Å². The smallest absolute Gasteiger partial charge is 0.240 e. The van der Waals surface area contributed by atoms with Gasteiger partial charge in [0.1, 0.15) is 0 Å². The molecule has 0 saturated heterocycles. The summed E-state index contributed by atoms with van der Waals surface area (Å²) in [6.45, 7) is 5.32. The van der Waals surface area contributed by atoms with Gasteiger partial charge in [0.2, 0.25) is 10.0 Å². The van der Waals surface area contributed by atoms with E-state index < -0.39 is 10.0 Å². The van der Waals surface area contributed by atoms with E-state index >= 15 is 0 Å². The minimum Gasteiger partial charge on any atom is -0.355 e. The van der Waals surface area contributed by atoms with Crippen LogP contribution in [0.25, 0.3) is 0 Å². The van der Waals surface area contributed by atoms with Crippen LogP contribution in [0.2, 0.25) is 0 Å². The van der Waals surface area contributed by atoms with E-state index in [1.54, 1.807) is 31.3 Å². The van der Waals surface area contributed by atoms with E-state index in [4.69, 9.17) is 0 Å². The first kappa shape index (κ1) is 19.9. The lowest BCUT2D eigenvalue weighted by atomic mass is 10.1. The molecule has 0 aliphatic heterocycles. The number of nitrogens with one attached hydrogen (secondary N) is 3. The molecule has 3 N–H and O–H groups in total. The van der Waals surface area contributed by atoms with E-state index in [2.05, 4.69) is 39.4 Å². The van der Waals surface area contributed by atoms with E-state index in [1.807, 2.05) is 19.1 Å². The maximum absolute atomic E-state index is 12.2. The second kappa shape index (κ2) is 9.35. The van der Waals surface area contributed by atoms with Gasteiger partial charge in [0.15, 0.2) is 5.96 Å². The summed E-state index contributed by atoms with van der Waals surface area (Å²) < 4.78 is 27.0. The summed E-state index contributed by atoms with van der Waals surface area (Å²) in [5.41, 5.74) is 3.39. The zero-order valence-electron chi connectivity index (χ0n) is 15.4. The number of benzene rings is 2. The average Bonchev–Trinajstić information content (AvgIpc) is 2.61. The standard InChI is InChI=1S/C19H26N4O2S/c1-15-7-9-18(10-8-15)26(24,25)23-12-11-21-19(20-3)22-14-17-6-4-5-16(2)13-17/h4-10,13,23H,11-12,14H2,1-3H3,(H2,20,21,22). The predicted molar refractivity (Wildman–Crippen MR) is 106 cm³/mol. The summed E-state index contributed by atoms with van der Waals surface area (Å²) in [6, 6.07) is 15.0. The molecule has 0 unspecified atom stereocenters. The summed E-state index contributed by atoms with van der Waals surface area (Å²) in [5, 5.41) is 6.31. The Kier molecular flexibility index (Phi) is 7.17. The van der Waals surface area contributed by atoms with Crippen molar-refractivity contribution in [2.45, 2.75) is 25.3 Å². The fourth-order valence-electron chi connectivity index (χ4n) is 2.40. The van der Waals surface area contributed by atoms with Crippen LogP contribution in [0.4, 0.5) is 0 Å². The Labute approximate surface area is 155 Å². The number of hydrogen-bond donors (Lipinski definition) is 3. The van der Waals surface area contributed by atoms with Gasteiger partial charge in [-0.15, -0.1) is 0 Å². The molecule has 0 bridgehead atoms. The molecule has 0 radical (unpaired) electrons. The highest BCUT2D eigenvalue weighted by atomic mass is 32.2. The fourth-order valence-corrected chi connectivity index (χ4v) is 3.43. The third-order valence-corrected chi connectivity index (χ3v) is 5.28. The first-order chi connectivity index (χ1) is 12.4. The molecule has 2 aromatic rings. The Morgan fingerprint density at radius 3 is 2.35 bits per heavy atom. The van der Waals surface area contributed by atoms with Gasteiger partial charge in [-0.05, 0) is 31.5 Å². The molecule has 140 valence electrons. The van der Waals surface area contributed by atoms with E-state index in [0.29, 0.717) is 19.0 Å². The van der Waals surface area contributed by atoms with E-state index in [-0.39, 0.29) is 11.4 Å². The monoisotopic (exact) mass is 374 g/mol. The number of nitrogens with zero attached hydrogens (tertiary/aromatic N) is 1. The summed E-state index contributed by atoms with van der Waals surface area (Å²) in [4.78, 5) is 4.41. The van der Waals surface area contributed by atoms with Crippen LogP contribution in [-0.2, 0) is 16.6 Å². The van der Waals surface area contributed by atoms with Gasteiger partial charge in [-0.2, -0.15) is 0 Å². The number of sulfonamides is 1. The number of aliphatic imine (C=N–C) groups is 1. The largest absolute Gasteiger partial charge is 0.355 e. The van der Waals surface area contributed by atoms with E-state index in [9.17, 15) is 8.42 Å². The van der Waals surface area contributed by atoms with Gasteiger partial charge in [0, 0.05) is 26.7 Å². The van der Waals surface area contributed by atoms with Crippen molar-refractivity contribution >= 4 is 16.0 Å². The molecule has 0 aromatic heterocycles. The highest BCUT2D eigenvalue weighted by Crippen LogP contribution is 2.09. The van der Waals surface area contributed by atoms with Crippen molar-refractivity contribution in [2.75, 3.05) is 20.1 Å². The molecule has 0 saturated carbocycles. The zero-order chi connectivity index (χ0) is 19.0. The minimum absolute atomic E-state index is 0.265. The Bertz CT molecular complexity index is 846. The quantitative estimate of drug-likeness (QED) is 0.393. The normalized spacial score (nSPS) is 12.0. The summed E-state index contributed by atoms with van der Waals surface area (Å²) in [5.74, 6) is 0.626. The number of aryl methyl sites for hydroxylation is 2. The van der Waals surface area contributed by atoms with Crippen molar-refractivity contribution < 1.29 is 8.42 Å². The predicted octanol–water partition coefficient (Wildman–Crippen LogP) is 1.95. The lowest BCUT2D eigenvalue weighted by Gasteiger charge is -2.13. The van der Waals surface area contributed by atoms with Crippen molar-refractivity contribution in [3.05, 3.63) is 65.2 Å². The number of rotatable bonds is 7. The molecule has 0 fully saturated rings. The van der Waals surface area contributed by atoms with Crippen LogP contribution in [0, 0.1) is 13.8 Å². The molecule has 7 heteroatoms. The maximum atomic E-state index is 12.2. The van der Waals surface area contributed by atoms with E-state index in [0.717, 1.165) is 11.1 Å². The van der Waals surface area contributed by atoms with Gasteiger partial charge in [0.25, 0.3) is 0 Å². The summed E-state index contributed by atoms with van der Waals surface area (Å²) in [7, 11) is -1.81. The topological polar surface area (TPSA) is 82.6 Å². The molecule has 26 heavy (non-hydrogen) atoms. The Balaban J connectivity index is 1.77. The molecule has 0 amide bonds. The van der Waals surface area contributed by atoms with Crippen molar-refractivity contribution in [3.63, 3.8) is 0 Å². The number of guanidine groups is 1. The van der Waals surface area contributed by atoms with Crippen molar-refractivity contribution in [2.24, 2.45) is 4.99 Å². The molecule has 0 aliphatic carbocycles. The van der Waals surface area contributed by atoms with E-state index in [1.165, 1.54) is 5.56 Å². The fraction of sp³-hybridized carbons (Fsp3) is 0.316. The first-order valence-electron chi connectivity index (χ1n) is 8.47. The highest BCUT2D eigenvalue weighted by Gasteiger charge is 2.12. The van der Waals surface area contributed by atoms with Crippen LogP contribution in [0.3, 0.4) is 0 Å². The SMILES string of the molecule is CN=C(NCCNS(=O)(=O)c1ccc(C)cc1)NCc1cccc(C)c1. The van der Waals surface area contributed by atoms with Gasteiger partial charge in [0.05, 0.1) is 4.90 Å². The van der Waals surface area contributed by atoms with Crippen molar-refractivity contribution in [3.8, 4) is 0 Å². The highest BCUT2D eigenvalue weighted by molar-refractivity contribution is 7.89. The molecule has 2 aromatic carbocycles. The van der Waals surface area contributed by atoms with Gasteiger partial charge < -0.3 is 10.6 Å². The van der Waals surface area contributed by atoms with Crippen LogP contribution in [0.15, 0.2) is 58.4 Å². The second-order valence-corrected chi connectivity index (χ2v) is 7.82. The zero-order valence-corrected chi connectivity index (χ0v) is 16.2. The van der Waals surface area contributed by atoms with Crippen molar-refractivity contribution in [1.82, 2.24) is 15.4 Å². The third kappa shape index (κ3) is 6.16. The molecule has 0 aliphatic rings. The minimum atomic E-state index is -3.49. The lowest BCUT2D eigenvalue weighted by Crippen LogP contribution is -2.41. The lowest BCUT2D eigenvalue weighted by molar-refractivity contribution is 0.580. The maximum Gasteiger partial charge on any atom is 0.240 e. The molecule has 0 spiro atoms. The second-order valence-electron chi connectivity index (χ2n) is 6.05. The number of hydrogen-bond acceptors (Lipinski definition) is 3. The van der Waals surface area contributed by atoms with Gasteiger partial charge in [-0.3, -0.25) is 4.99 Å². The van der Waals surface area contributed by atoms with Crippen LogP contribution in [0.5, 0.6) is 0 Å². The van der Waals surface area contributed by atoms with Gasteiger partial charge >= 0.3 is 0 Å². The molecule has 6 nitrogen and oxygen atoms in total. The molecular formula is C19H26N4O2S. The first-order valence-corrected chi connectivity index (χ1v) is 9.95. The van der Waals surface area contributed by atoms with Crippen LogP contribution >= 0.6 is 0 Å². The average molecular weight is 375 g/mol. The Morgan fingerprint density at radius 2 is 1.69 bits per heavy atom. The van der Waals surface area contributed by atoms with Gasteiger partial charge in [-0.25, -0.2) is 13.1 Å². The Hall–Kier alpha value is -2.38. The Morgan fingerprint density at radius 1 is 0.962 bits per heavy atom. The molecule has 0 atom stereocenters.